The molecular formula is C24H23ClO3. The van der Waals surface area contributed by atoms with Crippen LogP contribution < -0.4 is 0 Å². The third kappa shape index (κ3) is 2.99. The Morgan fingerprint density at radius 1 is 1.18 bits per heavy atom. The molecule has 3 aliphatic rings. The van der Waals surface area contributed by atoms with Crippen molar-refractivity contribution in [2.24, 2.45) is 5.92 Å². The van der Waals surface area contributed by atoms with Crippen molar-refractivity contribution < 1.29 is 14.6 Å². The minimum atomic E-state index is -0.988. The number of halogens is 1. The van der Waals surface area contributed by atoms with E-state index in [9.17, 15) is 9.90 Å². The second-order valence-electron chi connectivity index (χ2n) is 7.42. The van der Waals surface area contributed by atoms with Crippen molar-refractivity contribution in [2.45, 2.75) is 31.8 Å². The van der Waals surface area contributed by atoms with Gasteiger partial charge in [0.2, 0.25) is 5.78 Å². The Bertz CT molecular complexity index is 987. The van der Waals surface area contributed by atoms with Gasteiger partial charge in [0.15, 0.2) is 0 Å². The number of ether oxygens (including phenoxy) is 1. The Labute approximate surface area is 170 Å². The smallest absolute Gasteiger partial charge is 0.202 e. The summed E-state index contributed by atoms with van der Waals surface area (Å²) in [6.07, 6.45) is 5.76. The van der Waals surface area contributed by atoms with Crippen LogP contribution in [0.3, 0.4) is 0 Å². The molecule has 3 nitrogen and oxygen atoms in total. The van der Waals surface area contributed by atoms with Crippen LogP contribution in [0.25, 0.3) is 16.7 Å². The Hall–Kier alpha value is -2.36. The molecule has 0 aromatic heterocycles. The number of hydrogen-bond donors (Lipinski definition) is 1. The lowest BCUT2D eigenvalue weighted by atomic mass is 9.83. The summed E-state index contributed by atoms with van der Waals surface area (Å²) in [5, 5.41) is 11.7. The van der Waals surface area contributed by atoms with Crippen molar-refractivity contribution in [3.8, 4) is 11.1 Å². The SMILES string of the molecule is CCc1ccc(-c2ccc(Cl)cc2)cc1C1=C(O)C2C=C[C@](OC)(CC2)C1=O. The lowest BCUT2D eigenvalue weighted by Gasteiger charge is -2.29. The van der Waals surface area contributed by atoms with E-state index < -0.39 is 5.60 Å². The Balaban J connectivity index is 1.90. The second kappa shape index (κ2) is 7.23. The summed E-state index contributed by atoms with van der Waals surface area (Å²) >= 11 is 6.02. The minimum Gasteiger partial charge on any atom is -0.511 e. The topological polar surface area (TPSA) is 46.5 Å². The first-order chi connectivity index (χ1) is 13.5. The van der Waals surface area contributed by atoms with Gasteiger partial charge in [-0.25, -0.2) is 0 Å². The first-order valence-corrected chi connectivity index (χ1v) is 9.98. The van der Waals surface area contributed by atoms with Gasteiger partial charge >= 0.3 is 0 Å². The van der Waals surface area contributed by atoms with Crippen LogP contribution in [-0.2, 0) is 16.0 Å². The number of benzene rings is 2. The molecule has 2 bridgehead atoms. The van der Waals surface area contributed by atoms with Crippen LogP contribution in [0.15, 0.2) is 60.4 Å². The number of ketones is 1. The molecule has 2 aromatic rings. The highest BCUT2D eigenvalue weighted by atomic mass is 35.5. The number of aryl methyl sites for hydroxylation is 1. The van der Waals surface area contributed by atoms with Gasteiger partial charge in [0, 0.05) is 18.1 Å². The van der Waals surface area contributed by atoms with Gasteiger partial charge in [0.05, 0.1) is 5.57 Å². The Kier molecular flexibility index (Phi) is 4.90. The van der Waals surface area contributed by atoms with Crippen molar-refractivity contribution >= 4 is 23.0 Å². The van der Waals surface area contributed by atoms with E-state index in [1.165, 1.54) is 0 Å². The maximum absolute atomic E-state index is 13.5. The molecule has 144 valence electrons. The van der Waals surface area contributed by atoms with Crippen LogP contribution in [-0.4, -0.2) is 23.6 Å². The van der Waals surface area contributed by atoms with Gasteiger partial charge in [-0.05, 0) is 65.8 Å². The van der Waals surface area contributed by atoms with E-state index in [4.69, 9.17) is 16.3 Å². The van der Waals surface area contributed by atoms with Crippen molar-refractivity contribution in [1.82, 2.24) is 0 Å². The monoisotopic (exact) mass is 394 g/mol. The molecule has 0 saturated heterocycles. The van der Waals surface area contributed by atoms with Crippen molar-refractivity contribution in [3.05, 3.63) is 76.5 Å². The van der Waals surface area contributed by atoms with E-state index in [1.807, 2.05) is 54.6 Å². The summed E-state index contributed by atoms with van der Waals surface area (Å²) in [6.45, 7) is 2.05. The second-order valence-corrected chi connectivity index (χ2v) is 7.86. The molecule has 2 atom stereocenters. The number of methoxy groups -OCH3 is 1. The van der Waals surface area contributed by atoms with Crippen LogP contribution in [0.4, 0.5) is 0 Å². The normalized spacial score (nSPS) is 24.0. The molecule has 28 heavy (non-hydrogen) atoms. The molecule has 0 spiro atoms. The maximum Gasteiger partial charge on any atom is 0.202 e. The summed E-state index contributed by atoms with van der Waals surface area (Å²) in [5.41, 5.74) is 3.21. The van der Waals surface area contributed by atoms with E-state index in [0.29, 0.717) is 23.4 Å². The number of hydrogen-bond acceptors (Lipinski definition) is 3. The van der Waals surface area contributed by atoms with Crippen LogP contribution in [0.5, 0.6) is 0 Å². The molecule has 0 fully saturated rings. The summed E-state index contributed by atoms with van der Waals surface area (Å²) < 4.78 is 5.66. The zero-order valence-corrected chi connectivity index (χ0v) is 16.8. The largest absolute Gasteiger partial charge is 0.511 e. The highest BCUT2D eigenvalue weighted by Gasteiger charge is 2.46. The number of aliphatic hydroxyl groups is 1. The van der Waals surface area contributed by atoms with Crippen molar-refractivity contribution in [3.63, 3.8) is 0 Å². The van der Waals surface area contributed by atoms with Crippen LogP contribution in [0.2, 0.25) is 5.02 Å². The number of aliphatic hydroxyl groups excluding tert-OH is 1. The first kappa shape index (κ1) is 19.0. The molecule has 0 amide bonds. The van der Waals surface area contributed by atoms with Crippen molar-refractivity contribution in [1.29, 1.82) is 0 Å². The molecule has 1 unspecified atom stereocenters. The number of rotatable bonds is 4. The van der Waals surface area contributed by atoms with Crippen LogP contribution in [0.1, 0.15) is 30.9 Å². The fourth-order valence-electron chi connectivity index (χ4n) is 4.21. The number of Topliss-reactive ketones (excluding diaryl/α,β-unsaturated/α-hetero) is 1. The fourth-order valence-corrected chi connectivity index (χ4v) is 4.34. The van der Waals surface area contributed by atoms with Crippen molar-refractivity contribution in [2.75, 3.05) is 7.11 Å². The zero-order chi connectivity index (χ0) is 19.9. The van der Waals surface area contributed by atoms with Gasteiger partial charge in [-0.3, -0.25) is 4.79 Å². The predicted molar refractivity (Wildman–Crippen MR) is 112 cm³/mol. The van der Waals surface area contributed by atoms with Gasteiger partial charge in [-0.2, -0.15) is 0 Å². The molecule has 3 aliphatic carbocycles. The lowest BCUT2D eigenvalue weighted by molar-refractivity contribution is -0.130. The first-order valence-electron chi connectivity index (χ1n) is 9.60. The molecule has 4 heteroatoms. The van der Waals surface area contributed by atoms with Crippen LogP contribution in [0, 0.1) is 5.92 Å². The third-order valence-corrected chi connectivity index (χ3v) is 6.20. The summed E-state index contributed by atoms with van der Waals surface area (Å²) in [5.74, 6) is -0.152. The molecule has 0 heterocycles. The highest BCUT2D eigenvalue weighted by molar-refractivity contribution is 6.30. The van der Waals surface area contributed by atoms with E-state index >= 15 is 0 Å². The number of carbonyl (C=O) groups excluding carboxylic acids is 1. The fraction of sp³-hybridized carbons (Fsp3) is 0.292. The lowest BCUT2D eigenvalue weighted by Crippen LogP contribution is -2.39. The van der Waals surface area contributed by atoms with E-state index in [1.54, 1.807) is 7.11 Å². The number of allylic oxidation sites excluding steroid dienone is 1. The Morgan fingerprint density at radius 3 is 2.50 bits per heavy atom. The minimum absolute atomic E-state index is 0.145. The van der Waals surface area contributed by atoms with Gasteiger partial charge in [-0.15, -0.1) is 0 Å². The molecule has 0 radical (unpaired) electrons. The molecule has 1 N–H and O–H groups in total. The van der Waals surface area contributed by atoms with Crippen LogP contribution >= 0.6 is 11.6 Å². The van der Waals surface area contributed by atoms with Gasteiger partial charge in [-0.1, -0.05) is 48.9 Å². The van der Waals surface area contributed by atoms with E-state index in [0.717, 1.165) is 28.7 Å². The average molecular weight is 395 g/mol. The highest BCUT2D eigenvalue weighted by Crippen LogP contribution is 2.44. The molecule has 0 aliphatic heterocycles. The predicted octanol–water partition coefficient (Wildman–Crippen LogP) is 5.77. The molecule has 2 aromatic carbocycles. The third-order valence-electron chi connectivity index (χ3n) is 5.95. The standard InChI is InChI=1S/C24H23ClO3/c1-3-15-4-5-18(16-6-8-19(25)9-7-16)14-20(15)21-22(26)17-10-12-24(28-2,13-11-17)23(21)27/h4-10,12,14,17,26H,3,11,13H2,1-2H3/t17?,24-/m0/s1. The van der Waals surface area contributed by atoms with E-state index in [2.05, 4.69) is 6.92 Å². The van der Waals surface area contributed by atoms with Gasteiger partial charge < -0.3 is 9.84 Å². The maximum atomic E-state index is 13.5. The molecule has 0 saturated carbocycles. The van der Waals surface area contributed by atoms with E-state index in [-0.39, 0.29) is 17.5 Å². The molecular weight excluding hydrogens is 372 g/mol. The number of carbonyl (C=O) groups is 1. The van der Waals surface area contributed by atoms with Gasteiger partial charge in [0.25, 0.3) is 0 Å². The summed E-state index contributed by atoms with van der Waals surface area (Å²) in [4.78, 5) is 13.5. The van der Waals surface area contributed by atoms with Gasteiger partial charge in [0.1, 0.15) is 11.4 Å². The summed E-state index contributed by atoms with van der Waals surface area (Å²) in [7, 11) is 1.56. The molecule has 5 rings (SSSR count). The number of fused-ring (bicyclic) bond motifs is 2. The quantitative estimate of drug-likeness (QED) is 0.669. The zero-order valence-electron chi connectivity index (χ0n) is 16.0. The average Bonchev–Trinajstić information content (AvgIpc) is 2.90. The Morgan fingerprint density at radius 2 is 1.89 bits per heavy atom. The summed E-state index contributed by atoms with van der Waals surface area (Å²) in [6, 6.07) is 13.7.